The van der Waals surface area contributed by atoms with Crippen molar-refractivity contribution in [2.24, 2.45) is 12.8 Å². The molecule has 0 spiro atoms. The van der Waals surface area contributed by atoms with Crippen LogP contribution in [0, 0.1) is 6.92 Å². The predicted octanol–water partition coefficient (Wildman–Crippen LogP) is 2.52. The highest BCUT2D eigenvalue weighted by atomic mass is 15.2. The number of hydrogen-bond acceptors (Lipinski definition) is 3. The third-order valence-corrected chi connectivity index (χ3v) is 3.47. The molecule has 1 atom stereocenters. The average Bonchev–Trinajstić information content (AvgIpc) is 2.83. The van der Waals surface area contributed by atoms with Crippen molar-refractivity contribution >= 4 is 10.9 Å². The van der Waals surface area contributed by atoms with Crippen LogP contribution in [0.4, 0.5) is 0 Å². The van der Waals surface area contributed by atoms with E-state index in [2.05, 4.69) is 22.2 Å². The van der Waals surface area contributed by atoms with E-state index in [0.717, 1.165) is 34.3 Å². The van der Waals surface area contributed by atoms with Gasteiger partial charge < -0.3 is 5.73 Å². The van der Waals surface area contributed by atoms with Gasteiger partial charge in [0, 0.05) is 36.8 Å². The maximum atomic E-state index is 6.39. The molecule has 1 unspecified atom stereocenters. The van der Waals surface area contributed by atoms with E-state index in [4.69, 9.17) is 5.73 Å². The van der Waals surface area contributed by atoms with Gasteiger partial charge in [0.25, 0.3) is 0 Å². The van der Waals surface area contributed by atoms with E-state index < -0.39 is 0 Å². The zero-order valence-electron chi connectivity index (χ0n) is 11.7. The van der Waals surface area contributed by atoms with Gasteiger partial charge in [-0.1, -0.05) is 18.2 Å². The first-order valence-electron chi connectivity index (χ1n) is 6.74. The summed E-state index contributed by atoms with van der Waals surface area (Å²) < 4.78 is 1.80. The van der Waals surface area contributed by atoms with Crippen molar-refractivity contribution in [3.63, 3.8) is 0 Å². The predicted molar refractivity (Wildman–Crippen MR) is 80.3 cm³/mol. The number of aromatic nitrogens is 3. The second-order valence-electron chi connectivity index (χ2n) is 5.16. The molecule has 4 nitrogen and oxygen atoms in total. The Morgan fingerprint density at radius 3 is 2.80 bits per heavy atom. The summed E-state index contributed by atoms with van der Waals surface area (Å²) in [5.74, 6) is 0. The fraction of sp³-hybridized carbons (Fsp3) is 0.250. The molecule has 0 aliphatic heterocycles. The number of rotatable bonds is 3. The molecule has 20 heavy (non-hydrogen) atoms. The molecular weight excluding hydrogens is 248 g/mol. The van der Waals surface area contributed by atoms with Gasteiger partial charge >= 0.3 is 0 Å². The largest absolute Gasteiger partial charge is 0.324 e. The van der Waals surface area contributed by atoms with Gasteiger partial charge in [-0.05, 0) is 30.7 Å². The molecule has 3 rings (SSSR count). The minimum atomic E-state index is -0.0727. The summed E-state index contributed by atoms with van der Waals surface area (Å²) in [6.45, 7) is 2.00. The Balaban J connectivity index is 2.00. The first-order chi connectivity index (χ1) is 9.63. The van der Waals surface area contributed by atoms with E-state index in [9.17, 15) is 0 Å². The summed E-state index contributed by atoms with van der Waals surface area (Å²) in [6.07, 6.45) is 2.67. The number of nitrogens with zero attached hydrogens (tertiary/aromatic N) is 3. The van der Waals surface area contributed by atoms with E-state index in [-0.39, 0.29) is 6.04 Å². The van der Waals surface area contributed by atoms with Gasteiger partial charge in [0.15, 0.2) is 0 Å². The summed E-state index contributed by atoms with van der Waals surface area (Å²) in [6, 6.07) is 12.1. The molecule has 0 bridgehead atoms. The van der Waals surface area contributed by atoms with Crippen LogP contribution in [0.2, 0.25) is 0 Å². The van der Waals surface area contributed by atoms with E-state index in [1.54, 1.807) is 4.68 Å². The summed E-state index contributed by atoms with van der Waals surface area (Å²) in [5.41, 5.74) is 10.5. The van der Waals surface area contributed by atoms with Crippen LogP contribution in [0.15, 0.2) is 42.6 Å². The molecule has 2 heterocycles. The van der Waals surface area contributed by atoms with Gasteiger partial charge in [0.1, 0.15) is 0 Å². The highest BCUT2D eigenvalue weighted by Crippen LogP contribution is 2.24. The van der Waals surface area contributed by atoms with Gasteiger partial charge in [0.05, 0.1) is 11.2 Å². The summed E-state index contributed by atoms with van der Waals surface area (Å²) in [4.78, 5) is 4.55. The summed E-state index contributed by atoms with van der Waals surface area (Å²) in [7, 11) is 1.92. The zero-order chi connectivity index (χ0) is 14.1. The van der Waals surface area contributed by atoms with Gasteiger partial charge in [-0.15, -0.1) is 0 Å². The lowest BCUT2D eigenvalue weighted by atomic mass is 9.98. The van der Waals surface area contributed by atoms with E-state index in [0.29, 0.717) is 0 Å². The van der Waals surface area contributed by atoms with Crippen molar-refractivity contribution in [1.29, 1.82) is 0 Å². The van der Waals surface area contributed by atoms with Crippen LogP contribution in [-0.4, -0.2) is 14.8 Å². The highest BCUT2D eigenvalue weighted by molar-refractivity contribution is 5.82. The van der Waals surface area contributed by atoms with E-state index in [1.807, 2.05) is 44.4 Å². The van der Waals surface area contributed by atoms with Crippen molar-refractivity contribution in [1.82, 2.24) is 14.8 Å². The smallest absolute Gasteiger partial charge is 0.0708 e. The minimum Gasteiger partial charge on any atom is -0.324 e. The number of benzene rings is 1. The molecule has 0 radical (unpaired) electrons. The van der Waals surface area contributed by atoms with Crippen LogP contribution in [0.25, 0.3) is 10.9 Å². The third-order valence-electron chi connectivity index (χ3n) is 3.47. The Morgan fingerprint density at radius 1 is 1.25 bits per heavy atom. The quantitative estimate of drug-likeness (QED) is 0.792. The Hall–Kier alpha value is -2.20. The fourth-order valence-electron chi connectivity index (χ4n) is 2.55. The van der Waals surface area contributed by atoms with Crippen molar-refractivity contribution < 1.29 is 0 Å². The number of aryl methyl sites for hydroxylation is 2. The first-order valence-corrected chi connectivity index (χ1v) is 6.74. The van der Waals surface area contributed by atoms with Gasteiger partial charge in [-0.2, -0.15) is 5.10 Å². The van der Waals surface area contributed by atoms with Crippen LogP contribution in [0.3, 0.4) is 0 Å². The second-order valence-corrected chi connectivity index (χ2v) is 5.16. The molecule has 0 amide bonds. The molecular formula is C16H18N4. The first kappa shape index (κ1) is 12.8. The summed E-state index contributed by atoms with van der Waals surface area (Å²) in [5, 5.41) is 5.53. The van der Waals surface area contributed by atoms with Crippen molar-refractivity contribution in [3.8, 4) is 0 Å². The fourth-order valence-corrected chi connectivity index (χ4v) is 2.55. The molecule has 3 aromatic rings. The molecule has 2 aromatic heterocycles. The lowest BCUT2D eigenvalue weighted by molar-refractivity contribution is 0.678. The molecule has 102 valence electrons. The highest BCUT2D eigenvalue weighted by Gasteiger charge is 2.13. The van der Waals surface area contributed by atoms with Gasteiger partial charge in [-0.25, -0.2) is 0 Å². The normalized spacial score (nSPS) is 12.8. The molecule has 4 heteroatoms. The minimum absolute atomic E-state index is 0.0727. The monoisotopic (exact) mass is 266 g/mol. The summed E-state index contributed by atoms with van der Waals surface area (Å²) >= 11 is 0. The number of nitrogens with two attached hydrogens (primary N) is 1. The molecule has 0 fully saturated rings. The van der Waals surface area contributed by atoms with Crippen LogP contribution in [0.1, 0.15) is 23.0 Å². The van der Waals surface area contributed by atoms with Crippen LogP contribution in [0.5, 0.6) is 0 Å². The second kappa shape index (κ2) is 5.06. The van der Waals surface area contributed by atoms with Crippen molar-refractivity contribution in [2.45, 2.75) is 19.4 Å². The molecule has 2 N–H and O–H groups in total. The van der Waals surface area contributed by atoms with E-state index in [1.165, 1.54) is 0 Å². The molecule has 0 saturated heterocycles. The van der Waals surface area contributed by atoms with Crippen molar-refractivity contribution in [2.75, 3.05) is 0 Å². The molecule has 0 aliphatic rings. The van der Waals surface area contributed by atoms with Crippen LogP contribution >= 0.6 is 0 Å². The standard InChI is InChI=1S/C16H18N4/c1-11-9-14(13-5-3-4-6-16(13)18-11)15(17)10-12-7-8-20(2)19-12/h3-9,15H,10,17H2,1-2H3. The Kier molecular flexibility index (Phi) is 3.24. The lowest BCUT2D eigenvalue weighted by Crippen LogP contribution is -2.15. The Bertz CT molecular complexity index is 745. The number of fused-ring (bicyclic) bond motifs is 1. The number of hydrogen-bond donors (Lipinski definition) is 1. The van der Waals surface area contributed by atoms with Crippen LogP contribution in [-0.2, 0) is 13.5 Å². The maximum absolute atomic E-state index is 6.39. The number of para-hydroxylation sites is 1. The number of pyridine rings is 1. The Morgan fingerprint density at radius 2 is 2.05 bits per heavy atom. The van der Waals surface area contributed by atoms with Gasteiger partial charge in [-0.3, -0.25) is 9.67 Å². The van der Waals surface area contributed by atoms with Crippen molar-refractivity contribution in [3.05, 3.63) is 59.5 Å². The van der Waals surface area contributed by atoms with E-state index >= 15 is 0 Å². The van der Waals surface area contributed by atoms with Gasteiger partial charge in [0.2, 0.25) is 0 Å². The lowest BCUT2D eigenvalue weighted by Gasteiger charge is -2.14. The maximum Gasteiger partial charge on any atom is 0.0708 e. The molecule has 0 aliphatic carbocycles. The Labute approximate surface area is 118 Å². The molecule has 1 aromatic carbocycles. The van der Waals surface area contributed by atoms with Crippen LogP contribution < -0.4 is 5.73 Å². The SMILES string of the molecule is Cc1cc(C(N)Cc2ccn(C)n2)c2ccccc2n1. The zero-order valence-corrected chi connectivity index (χ0v) is 11.7. The average molecular weight is 266 g/mol. The topological polar surface area (TPSA) is 56.7 Å². The molecule has 0 saturated carbocycles. The third kappa shape index (κ3) is 2.42.